The standard InChI is InChI=1S/C45H51N5O2/c1-42(2,3)27-19-20-46-38(24-27)50-37-26-30(17-18-36(37)49-35-16-14-13-15-33(35)48-41(49)50)52-39-25-29(44(7,8)9)23-34(47-39)31-21-28(43(4,5)6)22-32(40(31)51)45(10,11)12/h13-26,51H,1-12H3. The normalized spacial score (nSPS) is 13.1. The zero-order valence-corrected chi connectivity index (χ0v) is 32.7. The van der Waals surface area contributed by atoms with Crippen molar-refractivity contribution in [3.05, 3.63) is 107 Å². The van der Waals surface area contributed by atoms with Crippen molar-refractivity contribution < 1.29 is 9.84 Å². The summed E-state index contributed by atoms with van der Waals surface area (Å²) in [5.41, 5.74) is 8.88. The highest BCUT2D eigenvalue weighted by Gasteiger charge is 2.28. The Labute approximate surface area is 307 Å². The molecule has 3 aromatic carbocycles. The minimum absolute atomic E-state index is 0.0543. The van der Waals surface area contributed by atoms with Gasteiger partial charge in [0.15, 0.2) is 0 Å². The van der Waals surface area contributed by atoms with Crippen LogP contribution in [0.5, 0.6) is 17.4 Å². The molecule has 0 amide bonds. The van der Waals surface area contributed by atoms with Crippen molar-refractivity contribution in [2.45, 2.75) is 105 Å². The molecule has 0 unspecified atom stereocenters. The highest BCUT2D eigenvalue weighted by Crippen LogP contribution is 2.43. The second-order valence-electron chi connectivity index (χ2n) is 18.2. The molecule has 0 aliphatic rings. The van der Waals surface area contributed by atoms with Crippen molar-refractivity contribution in [2.24, 2.45) is 0 Å². The topological polar surface area (TPSA) is 77.5 Å². The first kappa shape index (κ1) is 35.2. The molecule has 0 saturated carbocycles. The summed E-state index contributed by atoms with van der Waals surface area (Å²) in [6, 6.07) is 26.9. The highest BCUT2D eigenvalue weighted by molar-refractivity contribution is 5.92. The number of pyridine rings is 2. The van der Waals surface area contributed by atoms with Crippen LogP contribution in [0.25, 0.3) is 44.9 Å². The lowest BCUT2D eigenvalue weighted by Crippen LogP contribution is -2.17. The number of benzene rings is 3. The van der Waals surface area contributed by atoms with E-state index in [1.807, 2.05) is 42.6 Å². The highest BCUT2D eigenvalue weighted by atomic mass is 16.5. The lowest BCUT2D eigenvalue weighted by atomic mass is 9.78. The van der Waals surface area contributed by atoms with Gasteiger partial charge in [0.25, 0.3) is 0 Å². The van der Waals surface area contributed by atoms with E-state index in [1.54, 1.807) is 0 Å². The fourth-order valence-electron chi connectivity index (χ4n) is 6.76. The van der Waals surface area contributed by atoms with Crippen LogP contribution in [0.3, 0.4) is 0 Å². The summed E-state index contributed by atoms with van der Waals surface area (Å²) in [4.78, 5) is 15.0. The Morgan fingerprint density at radius 1 is 0.596 bits per heavy atom. The molecule has 0 fully saturated rings. The number of phenols is 1. The van der Waals surface area contributed by atoms with Crippen LogP contribution in [-0.4, -0.2) is 29.0 Å². The number of aromatic nitrogens is 5. The molecule has 7 aromatic rings. The lowest BCUT2D eigenvalue weighted by molar-refractivity contribution is 0.445. The van der Waals surface area contributed by atoms with Crippen LogP contribution in [0.15, 0.2) is 85.1 Å². The van der Waals surface area contributed by atoms with Crippen molar-refractivity contribution >= 4 is 27.8 Å². The van der Waals surface area contributed by atoms with Crippen molar-refractivity contribution in [1.82, 2.24) is 23.9 Å². The second-order valence-corrected chi connectivity index (χ2v) is 18.2. The smallest absolute Gasteiger partial charge is 0.221 e. The summed E-state index contributed by atoms with van der Waals surface area (Å²) in [5.74, 6) is 2.92. The molecule has 0 spiro atoms. The van der Waals surface area contributed by atoms with Crippen molar-refractivity contribution in [2.75, 3.05) is 0 Å². The fraction of sp³-hybridized carbons (Fsp3) is 0.356. The van der Waals surface area contributed by atoms with Gasteiger partial charge in [-0.25, -0.2) is 15.0 Å². The number of ether oxygens (including phenoxy) is 1. The third-order valence-corrected chi connectivity index (χ3v) is 9.96. The summed E-state index contributed by atoms with van der Waals surface area (Å²) < 4.78 is 11.0. The zero-order chi connectivity index (χ0) is 37.5. The summed E-state index contributed by atoms with van der Waals surface area (Å²) >= 11 is 0. The molecular weight excluding hydrogens is 643 g/mol. The maximum Gasteiger partial charge on any atom is 0.221 e. The van der Waals surface area contributed by atoms with Gasteiger partial charge in [-0.3, -0.25) is 8.97 Å². The predicted molar refractivity (Wildman–Crippen MR) is 214 cm³/mol. The van der Waals surface area contributed by atoms with Crippen LogP contribution in [0.1, 0.15) is 105 Å². The summed E-state index contributed by atoms with van der Waals surface area (Å²) in [5, 5.41) is 11.8. The first-order valence-electron chi connectivity index (χ1n) is 18.2. The average Bonchev–Trinajstić information content (AvgIpc) is 3.57. The van der Waals surface area contributed by atoms with Gasteiger partial charge in [0.1, 0.15) is 17.3 Å². The van der Waals surface area contributed by atoms with Gasteiger partial charge in [-0.15, -0.1) is 0 Å². The van der Waals surface area contributed by atoms with E-state index < -0.39 is 0 Å². The third kappa shape index (κ3) is 6.31. The van der Waals surface area contributed by atoms with Gasteiger partial charge >= 0.3 is 0 Å². The Hall–Kier alpha value is -5.17. The number of aromatic hydroxyl groups is 1. The molecule has 0 aliphatic heterocycles. The van der Waals surface area contributed by atoms with Gasteiger partial charge in [0.2, 0.25) is 11.7 Å². The van der Waals surface area contributed by atoms with Crippen molar-refractivity contribution in [3.8, 4) is 34.5 Å². The summed E-state index contributed by atoms with van der Waals surface area (Å²) in [6.07, 6.45) is 1.87. The van der Waals surface area contributed by atoms with E-state index in [9.17, 15) is 5.11 Å². The molecule has 0 atom stereocenters. The molecule has 1 N–H and O–H groups in total. The molecule has 7 heteroatoms. The van der Waals surface area contributed by atoms with E-state index in [4.69, 9.17) is 19.7 Å². The van der Waals surface area contributed by atoms with Crippen LogP contribution >= 0.6 is 0 Å². The van der Waals surface area contributed by atoms with Crippen molar-refractivity contribution in [1.29, 1.82) is 0 Å². The second kappa shape index (κ2) is 11.9. The summed E-state index contributed by atoms with van der Waals surface area (Å²) in [7, 11) is 0. The molecule has 268 valence electrons. The number of fused-ring (bicyclic) bond motifs is 5. The van der Waals surface area contributed by atoms with E-state index >= 15 is 0 Å². The first-order valence-corrected chi connectivity index (χ1v) is 18.2. The third-order valence-electron chi connectivity index (χ3n) is 9.96. The molecule has 7 nitrogen and oxygen atoms in total. The lowest BCUT2D eigenvalue weighted by Gasteiger charge is -2.28. The van der Waals surface area contributed by atoms with E-state index in [0.717, 1.165) is 50.4 Å². The fourth-order valence-corrected chi connectivity index (χ4v) is 6.76. The molecule has 4 heterocycles. The van der Waals surface area contributed by atoms with E-state index in [0.29, 0.717) is 22.9 Å². The molecule has 0 radical (unpaired) electrons. The van der Waals surface area contributed by atoms with Crippen LogP contribution in [0.2, 0.25) is 0 Å². The average molecular weight is 694 g/mol. The maximum atomic E-state index is 11.8. The molecule has 7 rings (SSSR count). The van der Waals surface area contributed by atoms with E-state index in [1.165, 1.54) is 5.56 Å². The number of hydrogen-bond donors (Lipinski definition) is 1. The quantitative estimate of drug-likeness (QED) is 0.199. The monoisotopic (exact) mass is 693 g/mol. The Morgan fingerprint density at radius 3 is 1.94 bits per heavy atom. The minimum atomic E-state index is -0.266. The molecule has 52 heavy (non-hydrogen) atoms. The Balaban J connectivity index is 1.42. The Morgan fingerprint density at radius 2 is 1.27 bits per heavy atom. The molecule has 4 aromatic heterocycles. The molecule has 0 bridgehead atoms. The van der Waals surface area contributed by atoms with Gasteiger partial charge in [-0.1, -0.05) is 101 Å². The van der Waals surface area contributed by atoms with Gasteiger partial charge in [0, 0.05) is 29.5 Å². The van der Waals surface area contributed by atoms with Gasteiger partial charge in [-0.2, -0.15) is 0 Å². The van der Waals surface area contributed by atoms with Gasteiger partial charge < -0.3 is 9.84 Å². The minimum Gasteiger partial charge on any atom is -0.507 e. The van der Waals surface area contributed by atoms with Crippen LogP contribution in [0, 0.1) is 0 Å². The predicted octanol–water partition coefficient (Wildman–Crippen LogP) is 11.6. The van der Waals surface area contributed by atoms with Crippen LogP contribution < -0.4 is 4.74 Å². The Kier molecular flexibility index (Phi) is 8.09. The SMILES string of the molecule is CC(C)(C)c1cc(Oc2ccc3c(c2)n(-c2cc(C(C)(C)C)ccn2)c2nc4ccccc4n32)nc(-c2cc(C(C)(C)C)cc(C(C)(C)C)c2O)c1. The van der Waals surface area contributed by atoms with E-state index in [-0.39, 0.29) is 27.4 Å². The number of rotatable bonds is 4. The molecule has 0 saturated heterocycles. The van der Waals surface area contributed by atoms with Crippen LogP contribution in [0.4, 0.5) is 0 Å². The Bertz CT molecular complexity index is 2490. The number of phenolic OH excluding ortho intramolecular Hbond substituents is 1. The van der Waals surface area contributed by atoms with Crippen molar-refractivity contribution in [3.63, 3.8) is 0 Å². The molecule has 0 aliphatic carbocycles. The van der Waals surface area contributed by atoms with Gasteiger partial charge in [0.05, 0.1) is 27.8 Å². The maximum absolute atomic E-state index is 11.8. The van der Waals surface area contributed by atoms with E-state index in [2.05, 4.69) is 135 Å². The number of hydrogen-bond acceptors (Lipinski definition) is 5. The zero-order valence-electron chi connectivity index (χ0n) is 32.7. The largest absolute Gasteiger partial charge is 0.507 e. The number of para-hydroxylation sites is 2. The van der Waals surface area contributed by atoms with Crippen LogP contribution in [-0.2, 0) is 21.7 Å². The molecular formula is C45H51N5O2. The first-order chi connectivity index (χ1) is 24.2. The number of imidazole rings is 2. The summed E-state index contributed by atoms with van der Waals surface area (Å²) in [6.45, 7) is 26.2. The van der Waals surface area contributed by atoms with Gasteiger partial charge in [-0.05, 0) is 86.9 Å². The number of nitrogens with zero attached hydrogens (tertiary/aromatic N) is 5.